The van der Waals surface area contributed by atoms with Gasteiger partial charge in [-0.15, -0.1) is 0 Å². The lowest BCUT2D eigenvalue weighted by Crippen LogP contribution is -1.99. The summed E-state index contributed by atoms with van der Waals surface area (Å²) in [6.45, 7) is 0. The van der Waals surface area contributed by atoms with E-state index in [1.807, 2.05) is 36.0 Å². The van der Waals surface area contributed by atoms with E-state index in [-0.39, 0.29) is 5.69 Å². The topological polar surface area (TPSA) is 60.1 Å². The first-order chi connectivity index (χ1) is 9.47. The molecule has 0 fully saturated rings. The van der Waals surface area contributed by atoms with Crippen LogP contribution in [0.5, 0.6) is 0 Å². The van der Waals surface area contributed by atoms with Gasteiger partial charge in [0.05, 0.1) is 5.69 Å². The molecule has 0 spiro atoms. The highest BCUT2D eigenvalue weighted by atomic mass is 35.5. The highest BCUT2D eigenvalue weighted by Gasteiger charge is 2.16. The lowest BCUT2D eigenvalue weighted by molar-refractivity contribution is 0.0689. The van der Waals surface area contributed by atoms with Crippen LogP contribution in [-0.2, 0) is 14.1 Å². The molecular weight excluding hydrogens is 278 g/mol. The van der Waals surface area contributed by atoms with Gasteiger partial charge in [-0.05, 0) is 24.3 Å². The van der Waals surface area contributed by atoms with E-state index in [2.05, 4.69) is 5.10 Å². The van der Waals surface area contributed by atoms with Crippen molar-refractivity contribution in [2.45, 2.75) is 0 Å². The first-order valence-electron chi connectivity index (χ1n) is 5.99. The maximum Gasteiger partial charge on any atom is 0.356 e. The molecule has 0 aliphatic carbocycles. The normalized spacial score (nSPS) is 11.2. The van der Waals surface area contributed by atoms with E-state index in [9.17, 15) is 4.79 Å². The van der Waals surface area contributed by atoms with Crippen molar-refractivity contribution in [2.75, 3.05) is 0 Å². The molecule has 6 heteroatoms. The average Bonchev–Trinajstić information content (AvgIpc) is 2.91. The Balaban J connectivity index is 2.29. The minimum atomic E-state index is -1.04. The number of carboxylic acids is 1. The second-order valence-electron chi connectivity index (χ2n) is 4.66. The number of aromatic carboxylic acids is 1. The van der Waals surface area contributed by atoms with Gasteiger partial charge in [-0.3, -0.25) is 4.68 Å². The van der Waals surface area contributed by atoms with E-state index < -0.39 is 5.97 Å². The maximum atomic E-state index is 11.0. The molecule has 20 heavy (non-hydrogen) atoms. The number of fused-ring (bicyclic) bond motifs is 1. The van der Waals surface area contributed by atoms with Crippen LogP contribution in [-0.4, -0.2) is 25.4 Å². The Morgan fingerprint density at radius 3 is 2.70 bits per heavy atom. The van der Waals surface area contributed by atoms with Crippen LogP contribution in [0.1, 0.15) is 10.5 Å². The van der Waals surface area contributed by atoms with Crippen molar-refractivity contribution in [1.82, 2.24) is 14.3 Å². The molecule has 3 aromatic rings. The van der Waals surface area contributed by atoms with Crippen molar-refractivity contribution >= 4 is 28.5 Å². The van der Waals surface area contributed by atoms with Gasteiger partial charge in [-0.2, -0.15) is 5.10 Å². The Morgan fingerprint density at radius 2 is 2.05 bits per heavy atom. The Hall–Kier alpha value is -2.27. The Kier molecular flexibility index (Phi) is 2.79. The molecule has 0 aliphatic rings. The number of hydrogen-bond acceptors (Lipinski definition) is 2. The number of rotatable bonds is 2. The number of carboxylic acid groups (broad SMARTS) is 1. The van der Waals surface area contributed by atoms with Gasteiger partial charge < -0.3 is 9.67 Å². The van der Waals surface area contributed by atoms with E-state index >= 15 is 0 Å². The van der Waals surface area contributed by atoms with Crippen molar-refractivity contribution < 1.29 is 9.90 Å². The summed E-state index contributed by atoms with van der Waals surface area (Å²) in [6, 6.07) is 7.22. The first kappa shape index (κ1) is 12.7. The van der Waals surface area contributed by atoms with Gasteiger partial charge in [-0.25, -0.2) is 4.79 Å². The molecule has 3 rings (SSSR count). The zero-order valence-electron chi connectivity index (χ0n) is 11.0. The Morgan fingerprint density at radius 1 is 1.30 bits per heavy atom. The molecule has 0 atom stereocenters. The van der Waals surface area contributed by atoms with Gasteiger partial charge in [0.2, 0.25) is 0 Å². The Bertz CT molecular complexity index is 832. The molecule has 0 saturated heterocycles. The van der Waals surface area contributed by atoms with Gasteiger partial charge >= 0.3 is 5.97 Å². The summed E-state index contributed by atoms with van der Waals surface area (Å²) in [5.41, 5.74) is 2.71. The zero-order chi connectivity index (χ0) is 14.4. The lowest BCUT2D eigenvalue weighted by atomic mass is 10.1. The number of aryl methyl sites for hydroxylation is 2. The summed E-state index contributed by atoms with van der Waals surface area (Å²) in [7, 11) is 3.67. The molecule has 0 aliphatic heterocycles. The van der Waals surface area contributed by atoms with Crippen LogP contribution in [0.3, 0.4) is 0 Å². The highest BCUT2D eigenvalue weighted by Crippen LogP contribution is 2.32. The largest absolute Gasteiger partial charge is 0.476 e. The molecule has 1 N–H and O–H groups in total. The van der Waals surface area contributed by atoms with Crippen LogP contribution in [0, 0.1) is 0 Å². The van der Waals surface area contributed by atoms with Crippen LogP contribution < -0.4 is 0 Å². The minimum Gasteiger partial charge on any atom is -0.476 e. The molecule has 2 heterocycles. The summed E-state index contributed by atoms with van der Waals surface area (Å²) in [6.07, 6.45) is 1.95. The number of carbonyl (C=O) groups is 1. The third-order valence-electron chi connectivity index (χ3n) is 3.33. The average molecular weight is 290 g/mol. The standard InChI is InChI=1S/C14H12ClN3O2/c1-17-7-10(9-5-8(15)3-4-12(9)17)13-6-11(14(19)20)16-18(13)2/h3-7H,1-2H3,(H,19,20). The van der Waals surface area contributed by atoms with E-state index in [4.69, 9.17) is 16.7 Å². The number of hydrogen-bond donors (Lipinski definition) is 1. The molecule has 0 unspecified atom stereocenters. The van der Waals surface area contributed by atoms with E-state index in [1.165, 1.54) is 0 Å². The van der Waals surface area contributed by atoms with Crippen LogP contribution in [0.2, 0.25) is 5.02 Å². The highest BCUT2D eigenvalue weighted by molar-refractivity contribution is 6.31. The SMILES string of the molecule is Cn1nc(C(=O)O)cc1-c1cn(C)c2ccc(Cl)cc12. The molecule has 1 aromatic carbocycles. The number of halogens is 1. The van der Waals surface area contributed by atoms with E-state index in [1.54, 1.807) is 17.8 Å². The van der Waals surface area contributed by atoms with Gasteiger partial charge in [-0.1, -0.05) is 11.6 Å². The number of aromatic nitrogens is 3. The van der Waals surface area contributed by atoms with Crippen molar-refractivity contribution in [3.05, 3.63) is 41.2 Å². The van der Waals surface area contributed by atoms with Crippen molar-refractivity contribution in [3.63, 3.8) is 0 Å². The van der Waals surface area contributed by atoms with Gasteiger partial charge in [0, 0.05) is 41.8 Å². The maximum absolute atomic E-state index is 11.0. The smallest absolute Gasteiger partial charge is 0.356 e. The molecule has 0 amide bonds. The van der Waals surface area contributed by atoms with Crippen molar-refractivity contribution in [2.24, 2.45) is 14.1 Å². The quantitative estimate of drug-likeness (QED) is 0.789. The van der Waals surface area contributed by atoms with Gasteiger partial charge in [0.15, 0.2) is 5.69 Å². The summed E-state index contributed by atoms with van der Waals surface area (Å²) < 4.78 is 3.55. The third kappa shape index (κ3) is 1.87. The molecule has 0 saturated carbocycles. The molecule has 5 nitrogen and oxygen atoms in total. The van der Waals surface area contributed by atoms with Crippen LogP contribution >= 0.6 is 11.6 Å². The van der Waals surface area contributed by atoms with Crippen LogP contribution in [0.15, 0.2) is 30.5 Å². The number of nitrogens with zero attached hydrogens (tertiary/aromatic N) is 3. The molecule has 2 aromatic heterocycles. The zero-order valence-corrected chi connectivity index (χ0v) is 11.7. The molecule has 102 valence electrons. The Labute approximate surface area is 120 Å². The fourth-order valence-electron chi connectivity index (χ4n) is 2.39. The van der Waals surface area contributed by atoms with Gasteiger partial charge in [0.1, 0.15) is 0 Å². The summed E-state index contributed by atoms with van der Waals surface area (Å²) >= 11 is 6.06. The fraction of sp³-hybridized carbons (Fsp3) is 0.143. The third-order valence-corrected chi connectivity index (χ3v) is 3.56. The van der Waals surface area contributed by atoms with Crippen LogP contribution in [0.4, 0.5) is 0 Å². The fourth-order valence-corrected chi connectivity index (χ4v) is 2.56. The van der Waals surface area contributed by atoms with Crippen LogP contribution in [0.25, 0.3) is 22.2 Å². The molecule has 0 bridgehead atoms. The summed E-state index contributed by atoms with van der Waals surface area (Å²) in [5, 5.41) is 14.6. The second kappa shape index (κ2) is 4.38. The lowest BCUT2D eigenvalue weighted by Gasteiger charge is -2.00. The van der Waals surface area contributed by atoms with Crippen molar-refractivity contribution in [1.29, 1.82) is 0 Å². The predicted molar refractivity (Wildman–Crippen MR) is 77.1 cm³/mol. The predicted octanol–water partition coefficient (Wildman–Crippen LogP) is 2.93. The molecule has 0 radical (unpaired) electrons. The first-order valence-corrected chi connectivity index (χ1v) is 6.37. The van der Waals surface area contributed by atoms with E-state index in [0.29, 0.717) is 5.02 Å². The second-order valence-corrected chi connectivity index (χ2v) is 5.10. The number of benzene rings is 1. The monoisotopic (exact) mass is 289 g/mol. The summed E-state index contributed by atoms with van der Waals surface area (Å²) in [4.78, 5) is 11.0. The molecular formula is C14H12ClN3O2. The van der Waals surface area contributed by atoms with Gasteiger partial charge in [0.25, 0.3) is 0 Å². The minimum absolute atomic E-state index is 0.0292. The summed E-state index contributed by atoms with van der Waals surface area (Å²) in [5.74, 6) is -1.04. The van der Waals surface area contributed by atoms with E-state index in [0.717, 1.165) is 22.2 Å². The van der Waals surface area contributed by atoms with Crippen molar-refractivity contribution in [3.8, 4) is 11.3 Å².